The highest BCUT2D eigenvalue weighted by atomic mass is 19.1. The van der Waals surface area contributed by atoms with Gasteiger partial charge < -0.3 is 5.11 Å². The van der Waals surface area contributed by atoms with Crippen LogP contribution in [-0.2, 0) is 6.54 Å². The summed E-state index contributed by atoms with van der Waals surface area (Å²) in [6.45, 7) is 3.48. The van der Waals surface area contributed by atoms with Crippen molar-refractivity contribution < 1.29 is 9.50 Å². The molecule has 1 N–H and O–H groups in total. The molecule has 0 amide bonds. The Morgan fingerprint density at radius 2 is 2.00 bits per heavy atom. The van der Waals surface area contributed by atoms with Crippen molar-refractivity contribution in [3.05, 3.63) is 65.7 Å². The molecule has 1 atom stereocenters. The van der Waals surface area contributed by atoms with Gasteiger partial charge in [-0.2, -0.15) is 0 Å². The molecule has 1 aromatic carbocycles. The van der Waals surface area contributed by atoms with Crippen LogP contribution < -0.4 is 0 Å². The van der Waals surface area contributed by atoms with E-state index in [0.717, 1.165) is 17.5 Å². The Hall–Kier alpha value is -1.78. The lowest BCUT2D eigenvalue weighted by Crippen LogP contribution is -2.31. The highest BCUT2D eigenvalue weighted by Gasteiger charge is 2.18. The number of halogens is 1. The zero-order valence-corrected chi connectivity index (χ0v) is 12.2. The fourth-order valence-corrected chi connectivity index (χ4v) is 2.59. The molecule has 2 rings (SSSR count). The van der Waals surface area contributed by atoms with Crippen molar-refractivity contribution in [3.63, 3.8) is 0 Å². The Morgan fingerprint density at radius 3 is 2.57 bits per heavy atom. The van der Waals surface area contributed by atoms with E-state index < -0.39 is 0 Å². The largest absolute Gasteiger partial charge is 0.395 e. The van der Waals surface area contributed by atoms with Crippen LogP contribution in [0.2, 0.25) is 0 Å². The Morgan fingerprint density at radius 1 is 1.24 bits per heavy atom. The van der Waals surface area contributed by atoms with E-state index in [4.69, 9.17) is 0 Å². The number of rotatable bonds is 7. The summed E-state index contributed by atoms with van der Waals surface area (Å²) in [5, 5.41) is 9.33. The smallest absolute Gasteiger partial charge is 0.123 e. The lowest BCUT2D eigenvalue weighted by atomic mass is 10.0. The normalized spacial score (nSPS) is 12.6. The lowest BCUT2D eigenvalue weighted by molar-refractivity contribution is 0.139. The first-order chi connectivity index (χ1) is 10.2. The number of aromatic nitrogens is 1. The van der Waals surface area contributed by atoms with Gasteiger partial charge in [-0.15, -0.1) is 0 Å². The van der Waals surface area contributed by atoms with Crippen molar-refractivity contribution in [1.82, 2.24) is 9.88 Å². The molecule has 1 heterocycles. The van der Waals surface area contributed by atoms with Crippen LogP contribution in [0.15, 0.2) is 48.8 Å². The number of pyridine rings is 1. The minimum atomic E-state index is -0.227. The van der Waals surface area contributed by atoms with Gasteiger partial charge in [-0.3, -0.25) is 9.88 Å². The molecule has 0 bridgehead atoms. The van der Waals surface area contributed by atoms with Gasteiger partial charge in [0.25, 0.3) is 0 Å². The van der Waals surface area contributed by atoms with Crippen molar-refractivity contribution in [2.45, 2.75) is 25.9 Å². The monoisotopic (exact) mass is 288 g/mol. The number of nitrogens with zero attached hydrogens (tertiary/aromatic N) is 2. The molecule has 21 heavy (non-hydrogen) atoms. The topological polar surface area (TPSA) is 36.4 Å². The number of hydrogen-bond acceptors (Lipinski definition) is 3. The number of benzene rings is 1. The zero-order chi connectivity index (χ0) is 15.1. The summed E-state index contributed by atoms with van der Waals surface area (Å²) in [6.07, 6.45) is 4.48. The van der Waals surface area contributed by atoms with Gasteiger partial charge in [0, 0.05) is 31.5 Å². The molecule has 0 saturated heterocycles. The Balaban J connectivity index is 2.19. The van der Waals surface area contributed by atoms with Crippen molar-refractivity contribution in [2.24, 2.45) is 0 Å². The first-order valence-electron chi connectivity index (χ1n) is 7.24. The molecule has 0 aliphatic carbocycles. The molecule has 0 radical (unpaired) electrons. The summed E-state index contributed by atoms with van der Waals surface area (Å²) >= 11 is 0. The summed E-state index contributed by atoms with van der Waals surface area (Å²) in [6, 6.07) is 10.7. The molecule has 0 saturated carbocycles. The van der Waals surface area contributed by atoms with Crippen LogP contribution in [-0.4, -0.2) is 28.1 Å². The Kier molecular flexibility index (Phi) is 5.84. The molecule has 4 heteroatoms. The molecule has 0 aliphatic heterocycles. The van der Waals surface area contributed by atoms with E-state index >= 15 is 0 Å². The van der Waals surface area contributed by atoms with E-state index in [0.29, 0.717) is 13.1 Å². The molecule has 0 spiro atoms. The third-order valence-electron chi connectivity index (χ3n) is 3.58. The Labute approximate surface area is 125 Å². The van der Waals surface area contributed by atoms with E-state index in [1.165, 1.54) is 12.1 Å². The SMILES string of the molecule is CCC(c1ccc(F)cc1)N(CCO)Cc1cccnc1. The minimum absolute atomic E-state index is 0.0952. The summed E-state index contributed by atoms with van der Waals surface area (Å²) in [4.78, 5) is 6.33. The van der Waals surface area contributed by atoms with E-state index in [1.807, 2.05) is 30.5 Å². The van der Waals surface area contributed by atoms with E-state index in [9.17, 15) is 9.50 Å². The number of hydrogen-bond donors (Lipinski definition) is 1. The minimum Gasteiger partial charge on any atom is -0.395 e. The molecule has 3 nitrogen and oxygen atoms in total. The molecule has 0 aliphatic rings. The number of aliphatic hydroxyl groups excluding tert-OH is 1. The fraction of sp³-hybridized carbons (Fsp3) is 0.353. The van der Waals surface area contributed by atoms with Gasteiger partial charge in [0.15, 0.2) is 0 Å². The van der Waals surface area contributed by atoms with Crippen molar-refractivity contribution in [1.29, 1.82) is 0 Å². The second-order valence-electron chi connectivity index (χ2n) is 5.03. The molecule has 2 aromatic rings. The summed E-state index contributed by atoms with van der Waals surface area (Å²) in [7, 11) is 0. The maximum absolute atomic E-state index is 13.1. The number of aliphatic hydroxyl groups is 1. The van der Waals surface area contributed by atoms with Crippen LogP contribution in [0, 0.1) is 5.82 Å². The highest BCUT2D eigenvalue weighted by molar-refractivity contribution is 5.20. The molecular formula is C17H21FN2O. The molecule has 112 valence electrons. The van der Waals surface area contributed by atoms with Crippen molar-refractivity contribution >= 4 is 0 Å². The third kappa shape index (κ3) is 4.34. The van der Waals surface area contributed by atoms with Crippen molar-refractivity contribution in [2.75, 3.05) is 13.2 Å². The summed E-state index contributed by atoms with van der Waals surface area (Å²) < 4.78 is 13.1. The van der Waals surface area contributed by atoms with Gasteiger partial charge in [-0.25, -0.2) is 4.39 Å². The van der Waals surface area contributed by atoms with Gasteiger partial charge >= 0.3 is 0 Å². The van der Waals surface area contributed by atoms with Crippen LogP contribution in [0.4, 0.5) is 4.39 Å². The van der Waals surface area contributed by atoms with Crippen LogP contribution in [0.5, 0.6) is 0 Å². The van der Waals surface area contributed by atoms with Gasteiger partial charge in [0.2, 0.25) is 0 Å². The first-order valence-corrected chi connectivity index (χ1v) is 7.24. The molecule has 0 fully saturated rings. The summed E-state index contributed by atoms with van der Waals surface area (Å²) in [5.74, 6) is -0.227. The maximum Gasteiger partial charge on any atom is 0.123 e. The standard InChI is InChI=1S/C17H21FN2O/c1-2-17(15-5-7-16(18)8-6-15)20(10-11-21)13-14-4-3-9-19-12-14/h3-9,12,17,21H,2,10-11,13H2,1H3. The highest BCUT2D eigenvalue weighted by Crippen LogP contribution is 2.25. The van der Waals surface area contributed by atoms with Crippen LogP contribution >= 0.6 is 0 Å². The lowest BCUT2D eigenvalue weighted by Gasteiger charge is -2.31. The van der Waals surface area contributed by atoms with E-state index in [2.05, 4.69) is 16.8 Å². The fourth-order valence-electron chi connectivity index (χ4n) is 2.59. The average Bonchev–Trinajstić information content (AvgIpc) is 2.51. The van der Waals surface area contributed by atoms with E-state index in [1.54, 1.807) is 6.20 Å². The first kappa shape index (κ1) is 15.6. The van der Waals surface area contributed by atoms with Gasteiger partial charge in [-0.1, -0.05) is 25.1 Å². The van der Waals surface area contributed by atoms with Crippen molar-refractivity contribution in [3.8, 4) is 0 Å². The molecule has 1 aromatic heterocycles. The predicted molar refractivity (Wildman–Crippen MR) is 81.2 cm³/mol. The van der Waals surface area contributed by atoms with Crippen LogP contribution in [0.1, 0.15) is 30.5 Å². The van der Waals surface area contributed by atoms with E-state index in [-0.39, 0.29) is 18.5 Å². The predicted octanol–water partition coefficient (Wildman–Crippen LogP) is 3.17. The van der Waals surface area contributed by atoms with Crippen LogP contribution in [0.3, 0.4) is 0 Å². The summed E-state index contributed by atoms with van der Waals surface area (Å²) in [5.41, 5.74) is 2.17. The van der Waals surface area contributed by atoms with Gasteiger partial charge in [0.1, 0.15) is 5.82 Å². The quantitative estimate of drug-likeness (QED) is 0.850. The average molecular weight is 288 g/mol. The second kappa shape index (κ2) is 7.86. The van der Waals surface area contributed by atoms with Gasteiger partial charge in [-0.05, 0) is 35.7 Å². The maximum atomic E-state index is 13.1. The third-order valence-corrected chi connectivity index (χ3v) is 3.58. The molecular weight excluding hydrogens is 267 g/mol. The Bertz CT molecular complexity index is 530. The zero-order valence-electron chi connectivity index (χ0n) is 12.2. The van der Waals surface area contributed by atoms with Crippen LogP contribution in [0.25, 0.3) is 0 Å². The molecule has 1 unspecified atom stereocenters. The van der Waals surface area contributed by atoms with Gasteiger partial charge in [0.05, 0.1) is 6.61 Å². The second-order valence-corrected chi connectivity index (χ2v) is 5.03.